The van der Waals surface area contributed by atoms with Gasteiger partial charge < -0.3 is 15.0 Å². The zero-order valence-electron chi connectivity index (χ0n) is 8.01. The van der Waals surface area contributed by atoms with Gasteiger partial charge in [0, 0.05) is 26.6 Å². The van der Waals surface area contributed by atoms with Crippen molar-refractivity contribution in [1.82, 2.24) is 0 Å². The average Bonchev–Trinajstić information content (AvgIpc) is 2.19. The number of carbonyl (C=O) groups excluding carboxylic acids is 1. The second-order valence-electron chi connectivity index (χ2n) is 2.06. The molecule has 0 heterocycles. The first-order valence-electron chi connectivity index (χ1n) is 3.68. The maximum atomic E-state index is 9.97. The molecule has 0 saturated carbocycles. The van der Waals surface area contributed by atoms with Crippen LogP contribution in [-0.4, -0.2) is 18.2 Å². The number of carboxylic acid groups (broad SMARTS) is 1. The van der Waals surface area contributed by atoms with E-state index in [9.17, 15) is 9.90 Å². The Balaban J connectivity index is 0. The van der Waals surface area contributed by atoms with E-state index in [2.05, 4.69) is 0 Å². The smallest absolute Gasteiger partial charge is 0.0643 e. The number of carboxylic acids is 1. The molecule has 0 spiro atoms. The van der Waals surface area contributed by atoms with Crippen molar-refractivity contribution in [2.45, 2.75) is 0 Å². The Hall–Kier alpha value is -0.987. The van der Waals surface area contributed by atoms with E-state index < -0.39 is 5.97 Å². The van der Waals surface area contributed by atoms with Crippen LogP contribution in [0, 0.1) is 0 Å². The van der Waals surface area contributed by atoms with Crippen molar-refractivity contribution in [1.29, 1.82) is 0 Å². The molecule has 1 rings (SSSR count). The molecule has 72 valence electrons. The molecule has 0 bridgehead atoms. The maximum absolute atomic E-state index is 9.97. The van der Waals surface area contributed by atoms with Crippen LogP contribution in [0.2, 0.25) is 0 Å². The summed E-state index contributed by atoms with van der Waals surface area (Å²) in [5, 5.41) is 17.0. The average molecular weight is 245 g/mol. The summed E-state index contributed by atoms with van der Waals surface area (Å²) in [5.41, 5.74) is 0.858. The predicted octanol–water partition coefficient (Wildman–Crippen LogP) is 0.0557. The van der Waals surface area contributed by atoms with Gasteiger partial charge >= 0.3 is 0 Å². The number of aliphatic hydroxyl groups is 1. The van der Waals surface area contributed by atoms with E-state index in [4.69, 9.17) is 5.11 Å². The van der Waals surface area contributed by atoms with Crippen molar-refractivity contribution in [3.8, 4) is 0 Å². The number of hydrogen-bond acceptors (Lipinski definition) is 3. The van der Waals surface area contributed by atoms with Crippen molar-refractivity contribution in [2.75, 3.05) is 7.11 Å². The molecule has 3 nitrogen and oxygen atoms in total. The fraction of sp³-hybridized carbons (Fsp3) is 0.100. The van der Waals surface area contributed by atoms with Crippen LogP contribution in [0.25, 0.3) is 6.08 Å². The molecule has 0 radical (unpaired) electrons. The van der Waals surface area contributed by atoms with Crippen LogP contribution in [0.4, 0.5) is 0 Å². The van der Waals surface area contributed by atoms with Gasteiger partial charge in [0.05, 0.1) is 5.97 Å². The summed E-state index contributed by atoms with van der Waals surface area (Å²) in [6.45, 7) is 0. The Kier molecular flexibility index (Phi) is 11.2. The van der Waals surface area contributed by atoms with Crippen LogP contribution in [0.1, 0.15) is 5.56 Å². The molecule has 0 aliphatic carbocycles. The number of carbonyl (C=O) groups is 1. The number of benzene rings is 1. The Labute approximate surface area is 95.8 Å². The summed E-state index contributed by atoms with van der Waals surface area (Å²) < 4.78 is 0. The Morgan fingerprint density at radius 2 is 1.79 bits per heavy atom. The molecule has 0 aliphatic heterocycles. The summed E-state index contributed by atoms with van der Waals surface area (Å²) >= 11 is 0. The van der Waals surface area contributed by atoms with Gasteiger partial charge in [-0.05, 0) is 11.6 Å². The standard InChI is InChI=1S/C9H8O2.CH4O.Zn/c10-9(11)7-6-8-4-2-1-3-5-8;1-2;/h1-7H,(H,10,11);2H,1H3;/p-1. The molecule has 0 unspecified atom stereocenters. The Bertz CT molecular complexity index is 270. The number of aliphatic carboxylic acids is 1. The summed E-state index contributed by atoms with van der Waals surface area (Å²) in [5.74, 6) is -1.17. The van der Waals surface area contributed by atoms with Gasteiger partial charge in [0.2, 0.25) is 0 Å². The zero-order valence-corrected chi connectivity index (χ0v) is 11.0. The van der Waals surface area contributed by atoms with Gasteiger partial charge in [0.15, 0.2) is 0 Å². The second-order valence-corrected chi connectivity index (χ2v) is 2.06. The van der Waals surface area contributed by atoms with Crippen LogP contribution in [-0.2, 0) is 24.3 Å². The van der Waals surface area contributed by atoms with E-state index in [0.29, 0.717) is 0 Å². The van der Waals surface area contributed by atoms with E-state index in [1.807, 2.05) is 30.3 Å². The first-order valence-corrected chi connectivity index (χ1v) is 3.68. The minimum Gasteiger partial charge on any atom is -0.545 e. The van der Waals surface area contributed by atoms with Crippen LogP contribution < -0.4 is 5.11 Å². The third-order valence-corrected chi connectivity index (χ3v) is 1.21. The van der Waals surface area contributed by atoms with E-state index in [1.54, 1.807) is 0 Å². The van der Waals surface area contributed by atoms with Gasteiger partial charge in [-0.25, -0.2) is 0 Å². The van der Waals surface area contributed by atoms with Crippen LogP contribution in [0.5, 0.6) is 0 Å². The SMILES string of the molecule is CO.O=C([O-])C=Cc1ccccc1.[Zn]. The zero-order chi connectivity index (χ0) is 10.1. The number of hydrogen-bond donors (Lipinski definition) is 1. The molecule has 0 atom stereocenters. The number of aliphatic hydroxyl groups excluding tert-OH is 1. The molecule has 0 amide bonds. The van der Waals surface area contributed by atoms with E-state index in [1.165, 1.54) is 6.08 Å². The normalized spacial score (nSPS) is 8.43. The fourth-order valence-electron chi connectivity index (χ4n) is 0.728. The van der Waals surface area contributed by atoms with Crippen molar-refractivity contribution < 1.29 is 34.5 Å². The van der Waals surface area contributed by atoms with Crippen molar-refractivity contribution in [3.05, 3.63) is 42.0 Å². The summed E-state index contributed by atoms with van der Waals surface area (Å²) in [7, 11) is 1.00. The first kappa shape index (κ1) is 15.5. The van der Waals surface area contributed by atoms with E-state index >= 15 is 0 Å². The predicted molar refractivity (Wildman–Crippen MR) is 48.6 cm³/mol. The molecule has 4 heteroatoms. The van der Waals surface area contributed by atoms with Crippen molar-refractivity contribution >= 4 is 12.0 Å². The molecule has 14 heavy (non-hydrogen) atoms. The van der Waals surface area contributed by atoms with E-state index in [-0.39, 0.29) is 19.5 Å². The van der Waals surface area contributed by atoms with Crippen molar-refractivity contribution in [2.24, 2.45) is 0 Å². The maximum Gasteiger partial charge on any atom is 0.0643 e. The first-order chi connectivity index (χ1) is 6.29. The van der Waals surface area contributed by atoms with Crippen LogP contribution in [0.15, 0.2) is 36.4 Å². The third kappa shape index (κ3) is 7.65. The van der Waals surface area contributed by atoms with Gasteiger partial charge in [0.25, 0.3) is 0 Å². The third-order valence-electron chi connectivity index (χ3n) is 1.21. The Morgan fingerprint density at radius 1 is 1.29 bits per heavy atom. The van der Waals surface area contributed by atoms with Crippen LogP contribution >= 0.6 is 0 Å². The summed E-state index contributed by atoms with van der Waals surface area (Å²) in [6, 6.07) is 9.19. The van der Waals surface area contributed by atoms with Gasteiger partial charge in [-0.2, -0.15) is 0 Å². The monoisotopic (exact) mass is 243 g/mol. The van der Waals surface area contributed by atoms with Gasteiger partial charge in [0.1, 0.15) is 0 Å². The van der Waals surface area contributed by atoms with E-state index in [0.717, 1.165) is 18.7 Å². The molecule has 0 saturated heterocycles. The van der Waals surface area contributed by atoms with Gasteiger partial charge in [-0.1, -0.05) is 36.4 Å². The molecule has 0 aromatic heterocycles. The molecular formula is C10H11O3Zn-. The molecular weight excluding hydrogens is 233 g/mol. The molecule has 1 aromatic carbocycles. The van der Waals surface area contributed by atoms with Crippen LogP contribution in [0.3, 0.4) is 0 Å². The summed E-state index contributed by atoms with van der Waals surface area (Å²) in [6.07, 6.45) is 2.50. The molecule has 0 aliphatic rings. The minimum atomic E-state index is -1.17. The molecule has 1 aromatic rings. The minimum absolute atomic E-state index is 0. The molecule has 1 N–H and O–H groups in total. The fourth-order valence-corrected chi connectivity index (χ4v) is 0.728. The van der Waals surface area contributed by atoms with Gasteiger partial charge in [-0.15, -0.1) is 0 Å². The van der Waals surface area contributed by atoms with Gasteiger partial charge in [-0.3, -0.25) is 0 Å². The Morgan fingerprint density at radius 3 is 2.21 bits per heavy atom. The molecule has 0 fully saturated rings. The van der Waals surface area contributed by atoms with Crippen molar-refractivity contribution in [3.63, 3.8) is 0 Å². The second kappa shape index (κ2) is 10.1. The largest absolute Gasteiger partial charge is 0.545 e. The topological polar surface area (TPSA) is 60.4 Å². The number of rotatable bonds is 2. The quantitative estimate of drug-likeness (QED) is 0.591. The summed E-state index contributed by atoms with van der Waals surface area (Å²) in [4.78, 5) is 9.97.